The largest absolute Gasteiger partial charge is 0.497 e. The second-order valence-electron chi connectivity index (χ2n) is 5.88. The van der Waals surface area contributed by atoms with Gasteiger partial charge in [-0.1, -0.05) is 29.0 Å². The first-order valence-corrected chi connectivity index (χ1v) is 10.5. The number of nitrogens with zero attached hydrogens (tertiary/aromatic N) is 2. The summed E-state index contributed by atoms with van der Waals surface area (Å²) in [5.74, 6) is 1.24. The van der Waals surface area contributed by atoms with Crippen LogP contribution in [0.3, 0.4) is 0 Å². The summed E-state index contributed by atoms with van der Waals surface area (Å²) in [4.78, 5) is 10.6. The van der Waals surface area contributed by atoms with Crippen molar-refractivity contribution in [3.63, 3.8) is 0 Å². The van der Waals surface area contributed by atoms with Gasteiger partial charge < -0.3 is 10.5 Å². The van der Waals surface area contributed by atoms with Gasteiger partial charge in [-0.3, -0.25) is 0 Å². The number of thiophene rings is 1. The molecule has 0 radical (unpaired) electrons. The molecule has 140 valence electrons. The van der Waals surface area contributed by atoms with Crippen LogP contribution in [0.25, 0.3) is 21.1 Å². The van der Waals surface area contributed by atoms with Crippen LogP contribution in [0, 0.1) is 0 Å². The summed E-state index contributed by atoms with van der Waals surface area (Å²) in [7, 11) is 1.65. The van der Waals surface area contributed by atoms with E-state index in [9.17, 15) is 0 Å². The van der Waals surface area contributed by atoms with Gasteiger partial charge in [0, 0.05) is 16.1 Å². The normalized spacial score (nSPS) is 11.6. The zero-order valence-corrected chi connectivity index (χ0v) is 17.3. The number of aromatic nitrogens is 1. The summed E-state index contributed by atoms with van der Waals surface area (Å²) in [5.41, 5.74) is 8.92. The molecule has 28 heavy (non-hydrogen) atoms. The van der Waals surface area contributed by atoms with E-state index in [1.54, 1.807) is 30.6 Å². The molecule has 7 heteroatoms. The highest BCUT2D eigenvalue weighted by atomic mass is 35.5. The second-order valence-corrected chi connectivity index (χ2v) is 8.24. The molecular formula is C21H16ClN3OS2. The first-order chi connectivity index (χ1) is 13.6. The lowest BCUT2D eigenvalue weighted by Crippen LogP contribution is -2.12. The molecule has 0 amide bonds. The van der Waals surface area contributed by atoms with E-state index >= 15 is 0 Å². The Kier molecular flexibility index (Phi) is 5.43. The number of hydrogen-bond acceptors (Lipinski definition) is 5. The van der Waals surface area contributed by atoms with Crippen molar-refractivity contribution in [2.24, 2.45) is 10.7 Å². The number of methoxy groups -OCH3 is 1. The van der Waals surface area contributed by atoms with Crippen LogP contribution in [0.5, 0.6) is 5.75 Å². The van der Waals surface area contributed by atoms with Crippen molar-refractivity contribution < 1.29 is 4.74 Å². The summed E-state index contributed by atoms with van der Waals surface area (Å²) in [6.45, 7) is 0. The van der Waals surface area contributed by atoms with E-state index < -0.39 is 0 Å². The van der Waals surface area contributed by atoms with E-state index in [0.29, 0.717) is 10.9 Å². The number of aliphatic imine (C=N–C) groups is 1. The maximum atomic E-state index is 6.26. The van der Waals surface area contributed by atoms with Crippen LogP contribution in [-0.4, -0.2) is 17.9 Å². The highest BCUT2D eigenvalue weighted by Crippen LogP contribution is 2.41. The number of nitrogens with two attached hydrogens (primary N) is 1. The van der Waals surface area contributed by atoms with Gasteiger partial charge in [-0.25, -0.2) is 9.98 Å². The van der Waals surface area contributed by atoms with Crippen LogP contribution in [0.4, 0.5) is 5.00 Å². The third kappa shape index (κ3) is 3.94. The molecule has 0 aliphatic carbocycles. The Morgan fingerprint density at radius 3 is 2.46 bits per heavy atom. The lowest BCUT2D eigenvalue weighted by atomic mass is 10.2. The van der Waals surface area contributed by atoms with E-state index in [1.807, 2.05) is 53.9 Å². The maximum absolute atomic E-state index is 6.26. The minimum Gasteiger partial charge on any atom is -0.497 e. The van der Waals surface area contributed by atoms with Gasteiger partial charge in [-0.2, -0.15) is 0 Å². The third-order valence-corrected chi connectivity index (χ3v) is 6.19. The molecule has 2 aromatic heterocycles. The highest BCUT2D eigenvalue weighted by molar-refractivity contribution is 7.20. The van der Waals surface area contributed by atoms with Gasteiger partial charge in [0.15, 0.2) is 0 Å². The van der Waals surface area contributed by atoms with E-state index in [0.717, 1.165) is 37.5 Å². The van der Waals surface area contributed by atoms with E-state index in [2.05, 4.69) is 4.99 Å². The zero-order valence-electron chi connectivity index (χ0n) is 14.9. The summed E-state index contributed by atoms with van der Waals surface area (Å²) < 4.78 is 5.24. The first-order valence-electron chi connectivity index (χ1n) is 8.43. The molecule has 4 aromatic rings. The van der Waals surface area contributed by atoms with Crippen LogP contribution in [0.1, 0.15) is 5.56 Å². The van der Waals surface area contributed by atoms with Gasteiger partial charge in [0.1, 0.15) is 27.3 Å². The van der Waals surface area contributed by atoms with Gasteiger partial charge in [0.05, 0.1) is 12.0 Å². The number of rotatable bonds is 5. The number of amidine groups is 1. The molecule has 0 saturated heterocycles. The van der Waals surface area contributed by atoms with Gasteiger partial charge in [0.2, 0.25) is 0 Å². The van der Waals surface area contributed by atoms with Gasteiger partial charge >= 0.3 is 0 Å². The Bertz CT molecular complexity index is 1100. The highest BCUT2D eigenvalue weighted by Gasteiger charge is 2.16. The molecule has 0 aliphatic heterocycles. The fourth-order valence-corrected chi connectivity index (χ4v) is 4.49. The first kappa shape index (κ1) is 18.7. The minimum absolute atomic E-state index is 0.430. The summed E-state index contributed by atoms with van der Waals surface area (Å²) in [6, 6.07) is 19.2. The van der Waals surface area contributed by atoms with Crippen molar-refractivity contribution in [1.82, 2.24) is 4.98 Å². The maximum Gasteiger partial charge on any atom is 0.147 e. The lowest BCUT2D eigenvalue weighted by Gasteiger charge is -2.01. The Morgan fingerprint density at radius 2 is 1.82 bits per heavy atom. The molecule has 0 unspecified atom stereocenters. The van der Waals surface area contributed by atoms with Crippen molar-refractivity contribution in [3.05, 3.63) is 76.6 Å². The van der Waals surface area contributed by atoms with Crippen molar-refractivity contribution in [3.8, 4) is 26.9 Å². The summed E-state index contributed by atoms with van der Waals surface area (Å²) in [6.07, 6.45) is 0. The number of benzene rings is 2. The Balaban J connectivity index is 1.77. The third-order valence-electron chi connectivity index (χ3n) is 4.06. The lowest BCUT2D eigenvalue weighted by molar-refractivity contribution is 0.415. The Morgan fingerprint density at radius 1 is 1.07 bits per heavy atom. The molecular weight excluding hydrogens is 410 g/mol. The Hall–Kier alpha value is -2.67. The van der Waals surface area contributed by atoms with Crippen LogP contribution in [0.2, 0.25) is 5.02 Å². The summed E-state index contributed by atoms with van der Waals surface area (Å²) in [5, 5.41) is 4.35. The number of thiazole rings is 1. The summed E-state index contributed by atoms with van der Waals surface area (Å²) >= 11 is 9.10. The van der Waals surface area contributed by atoms with Gasteiger partial charge in [-0.15, -0.1) is 11.3 Å². The van der Waals surface area contributed by atoms with Crippen molar-refractivity contribution in [1.29, 1.82) is 0 Å². The topological polar surface area (TPSA) is 60.5 Å². The predicted molar refractivity (Wildman–Crippen MR) is 119 cm³/mol. The quantitative estimate of drug-likeness (QED) is 0.304. The molecule has 2 heterocycles. The monoisotopic (exact) mass is 425 g/mol. The number of ether oxygens (including phenoxy) is 1. The molecule has 0 atom stereocenters. The fraction of sp³-hybridized carbons (Fsp3) is 0.0476. The van der Waals surface area contributed by atoms with E-state index in [1.165, 1.54) is 11.3 Å². The molecule has 0 bridgehead atoms. The fourth-order valence-electron chi connectivity index (χ4n) is 2.61. The van der Waals surface area contributed by atoms with Crippen LogP contribution < -0.4 is 10.5 Å². The Labute approximate surface area is 175 Å². The SMILES string of the molecule is COc1ccc(-c2nc(-c3cccs3)c(/N=C(\N)c3ccc(Cl)cc3)s2)cc1. The van der Waals surface area contributed by atoms with Gasteiger partial charge in [-0.05, 0) is 60.0 Å². The van der Waals surface area contributed by atoms with Crippen molar-refractivity contribution >= 4 is 45.1 Å². The molecule has 4 rings (SSSR count). The predicted octanol–water partition coefficient (Wildman–Crippen LogP) is 6.24. The second kappa shape index (κ2) is 8.14. The van der Waals surface area contributed by atoms with Crippen LogP contribution >= 0.6 is 34.3 Å². The molecule has 0 saturated carbocycles. The standard InChI is InChI=1S/C21H16ClN3OS2/c1-26-16-10-6-14(7-11-16)20-24-18(17-3-2-12-27-17)21(28-20)25-19(23)13-4-8-15(22)9-5-13/h2-12H,1H3,(H2,23,25). The van der Waals surface area contributed by atoms with Crippen molar-refractivity contribution in [2.75, 3.05) is 7.11 Å². The average Bonchev–Trinajstić information content (AvgIpc) is 3.38. The van der Waals surface area contributed by atoms with E-state index in [-0.39, 0.29) is 0 Å². The molecule has 4 nitrogen and oxygen atoms in total. The van der Waals surface area contributed by atoms with Crippen molar-refractivity contribution in [2.45, 2.75) is 0 Å². The average molecular weight is 426 g/mol. The number of halogens is 1. The molecule has 0 fully saturated rings. The van der Waals surface area contributed by atoms with Crippen LogP contribution in [0.15, 0.2) is 71.0 Å². The molecule has 0 spiro atoms. The number of hydrogen-bond donors (Lipinski definition) is 1. The van der Waals surface area contributed by atoms with Crippen LogP contribution in [-0.2, 0) is 0 Å². The molecule has 2 aromatic carbocycles. The molecule has 2 N–H and O–H groups in total. The smallest absolute Gasteiger partial charge is 0.147 e. The minimum atomic E-state index is 0.430. The zero-order chi connectivity index (χ0) is 19.5. The van der Waals surface area contributed by atoms with E-state index in [4.69, 9.17) is 27.1 Å². The molecule has 0 aliphatic rings. The van der Waals surface area contributed by atoms with Gasteiger partial charge in [0.25, 0.3) is 0 Å².